The van der Waals surface area contributed by atoms with E-state index in [1.54, 1.807) is 12.3 Å². The van der Waals surface area contributed by atoms with Crippen LogP contribution in [0.3, 0.4) is 0 Å². The Morgan fingerprint density at radius 2 is 2.07 bits per heavy atom. The highest BCUT2D eigenvalue weighted by molar-refractivity contribution is 6.31. The van der Waals surface area contributed by atoms with E-state index in [0.717, 1.165) is 22.6 Å². The predicted octanol–water partition coefficient (Wildman–Crippen LogP) is 3.59. The third kappa shape index (κ3) is 4.71. The molecule has 3 rings (SSSR count). The van der Waals surface area contributed by atoms with Gasteiger partial charge in [0.05, 0.1) is 24.4 Å². The van der Waals surface area contributed by atoms with E-state index >= 15 is 0 Å². The van der Waals surface area contributed by atoms with E-state index in [1.807, 2.05) is 36.7 Å². The SMILES string of the molecule is Cc1nn(Cc2ccccn2)c(C)c1CC(=O)NCc1ccc(F)cc1Cl. The van der Waals surface area contributed by atoms with Crippen molar-refractivity contribution in [2.45, 2.75) is 33.4 Å². The number of nitrogens with zero attached hydrogens (tertiary/aromatic N) is 3. The van der Waals surface area contributed by atoms with Crippen molar-refractivity contribution in [1.29, 1.82) is 0 Å². The van der Waals surface area contributed by atoms with E-state index in [9.17, 15) is 9.18 Å². The van der Waals surface area contributed by atoms with E-state index in [0.29, 0.717) is 17.1 Å². The Morgan fingerprint density at radius 1 is 1.26 bits per heavy atom. The molecule has 0 bridgehead atoms. The number of carbonyl (C=O) groups excluding carboxylic acids is 1. The zero-order chi connectivity index (χ0) is 19.4. The van der Waals surface area contributed by atoms with Crippen LogP contribution in [0.25, 0.3) is 0 Å². The summed E-state index contributed by atoms with van der Waals surface area (Å²) in [6.07, 6.45) is 1.97. The van der Waals surface area contributed by atoms with E-state index < -0.39 is 5.82 Å². The van der Waals surface area contributed by atoms with Crippen LogP contribution >= 0.6 is 11.6 Å². The number of hydrogen-bond acceptors (Lipinski definition) is 3. The number of pyridine rings is 1. The summed E-state index contributed by atoms with van der Waals surface area (Å²) in [7, 11) is 0. The van der Waals surface area contributed by atoms with Gasteiger partial charge in [0.1, 0.15) is 5.82 Å². The Bertz CT molecular complexity index is 956. The van der Waals surface area contributed by atoms with Crippen LogP contribution < -0.4 is 5.32 Å². The number of halogens is 2. The third-order valence-electron chi connectivity index (χ3n) is 4.40. The highest BCUT2D eigenvalue weighted by Crippen LogP contribution is 2.18. The molecule has 7 heteroatoms. The predicted molar refractivity (Wildman–Crippen MR) is 102 cm³/mol. The first-order valence-electron chi connectivity index (χ1n) is 8.57. The van der Waals surface area contributed by atoms with E-state index in [-0.39, 0.29) is 18.9 Å². The number of aromatic nitrogens is 3. The third-order valence-corrected chi connectivity index (χ3v) is 4.75. The first-order chi connectivity index (χ1) is 12.9. The quantitative estimate of drug-likeness (QED) is 0.704. The summed E-state index contributed by atoms with van der Waals surface area (Å²) in [5.74, 6) is -0.541. The van der Waals surface area contributed by atoms with Gasteiger partial charge in [-0.3, -0.25) is 14.5 Å². The number of benzene rings is 1. The molecule has 0 saturated heterocycles. The van der Waals surface area contributed by atoms with Crippen molar-refractivity contribution in [2.75, 3.05) is 0 Å². The van der Waals surface area contributed by atoms with Crippen LogP contribution in [0, 0.1) is 19.7 Å². The largest absolute Gasteiger partial charge is 0.352 e. The molecule has 5 nitrogen and oxygen atoms in total. The maximum atomic E-state index is 13.1. The second-order valence-corrected chi connectivity index (χ2v) is 6.72. The lowest BCUT2D eigenvalue weighted by Crippen LogP contribution is -2.25. The van der Waals surface area contributed by atoms with Crippen LogP contribution in [0.1, 0.15) is 28.2 Å². The molecule has 2 aromatic heterocycles. The van der Waals surface area contributed by atoms with Crippen molar-refractivity contribution in [3.8, 4) is 0 Å². The van der Waals surface area contributed by atoms with Gasteiger partial charge in [0.2, 0.25) is 5.91 Å². The molecular weight excluding hydrogens is 367 g/mol. The highest BCUT2D eigenvalue weighted by Gasteiger charge is 2.15. The average Bonchev–Trinajstić information content (AvgIpc) is 2.89. The van der Waals surface area contributed by atoms with Gasteiger partial charge in [-0.1, -0.05) is 23.7 Å². The standard InChI is InChI=1S/C20H20ClFN4O/c1-13-18(14(2)26(25-13)12-17-5-3-4-8-23-17)10-20(27)24-11-15-6-7-16(22)9-19(15)21/h3-9H,10-12H2,1-2H3,(H,24,27). The Balaban J connectivity index is 1.65. The Kier molecular flexibility index (Phi) is 5.86. The summed E-state index contributed by atoms with van der Waals surface area (Å²) < 4.78 is 15.0. The first-order valence-corrected chi connectivity index (χ1v) is 8.95. The molecule has 0 aliphatic heterocycles. The summed E-state index contributed by atoms with van der Waals surface area (Å²) >= 11 is 5.99. The number of carbonyl (C=O) groups is 1. The van der Waals surface area contributed by atoms with Gasteiger partial charge in [-0.05, 0) is 43.7 Å². The average molecular weight is 387 g/mol. The van der Waals surface area contributed by atoms with Crippen LogP contribution in [0.2, 0.25) is 5.02 Å². The Hall–Kier alpha value is -2.73. The summed E-state index contributed by atoms with van der Waals surface area (Å²) in [5.41, 5.74) is 4.23. The smallest absolute Gasteiger partial charge is 0.224 e. The molecule has 1 aromatic carbocycles. The fourth-order valence-electron chi connectivity index (χ4n) is 2.87. The molecule has 0 spiro atoms. The molecule has 1 amide bonds. The minimum absolute atomic E-state index is 0.140. The molecule has 0 fully saturated rings. The summed E-state index contributed by atoms with van der Waals surface area (Å²) in [4.78, 5) is 16.7. The van der Waals surface area contributed by atoms with Gasteiger partial charge in [-0.25, -0.2) is 4.39 Å². The summed E-state index contributed by atoms with van der Waals surface area (Å²) in [6.45, 7) is 4.64. The molecule has 0 aliphatic carbocycles. The van der Waals surface area contributed by atoms with Crippen LogP contribution in [-0.4, -0.2) is 20.7 Å². The highest BCUT2D eigenvalue weighted by atomic mass is 35.5. The zero-order valence-electron chi connectivity index (χ0n) is 15.2. The van der Waals surface area contributed by atoms with Crippen LogP contribution in [0.4, 0.5) is 4.39 Å². The number of hydrogen-bond donors (Lipinski definition) is 1. The van der Waals surface area contributed by atoms with Crippen molar-refractivity contribution in [3.63, 3.8) is 0 Å². The summed E-state index contributed by atoms with van der Waals surface area (Å²) in [6, 6.07) is 9.87. The molecule has 0 unspecified atom stereocenters. The van der Waals surface area contributed by atoms with Gasteiger partial charge >= 0.3 is 0 Å². The minimum atomic E-state index is -0.401. The van der Waals surface area contributed by atoms with Gasteiger partial charge in [0.15, 0.2) is 0 Å². The lowest BCUT2D eigenvalue weighted by atomic mass is 10.1. The molecule has 2 heterocycles. The van der Waals surface area contributed by atoms with Gasteiger partial charge in [0, 0.05) is 29.0 Å². The van der Waals surface area contributed by atoms with Gasteiger partial charge < -0.3 is 5.32 Å². The second-order valence-electron chi connectivity index (χ2n) is 6.32. The van der Waals surface area contributed by atoms with Gasteiger partial charge in [-0.2, -0.15) is 5.10 Å². The lowest BCUT2D eigenvalue weighted by molar-refractivity contribution is -0.120. The minimum Gasteiger partial charge on any atom is -0.352 e. The monoisotopic (exact) mass is 386 g/mol. The van der Waals surface area contributed by atoms with Crippen molar-refractivity contribution in [1.82, 2.24) is 20.1 Å². The molecular formula is C20H20ClFN4O. The van der Waals surface area contributed by atoms with E-state index in [2.05, 4.69) is 15.4 Å². The van der Waals surface area contributed by atoms with E-state index in [4.69, 9.17) is 11.6 Å². The second kappa shape index (κ2) is 8.31. The molecule has 27 heavy (non-hydrogen) atoms. The normalized spacial score (nSPS) is 10.8. The molecule has 0 atom stereocenters. The van der Waals surface area contributed by atoms with Crippen molar-refractivity contribution >= 4 is 17.5 Å². The van der Waals surface area contributed by atoms with Crippen LogP contribution in [-0.2, 0) is 24.3 Å². The van der Waals surface area contributed by atoms with Crippen LogP contribution in [0.15, 0.2) is 42.6 Å². The number of nitrogens with one attached hydrogen (secondary N) is 1. The Labute approximate surface area is 162 Å². The molecule has 140 valence electrons. The summed E-state index contributed by atoms with van der Waals surface area (Å²) in [5, 5.41) is 7.66. The maximum Gasteiger partial charge on any atom is 0.224 e. The van der Waals surface area contributed by atoms with Crippen LogP contribution in [0.5, 0.6) is 0 Å². The topological polar surface area (TPSA) is 59.8 Å². The molecule has 1 N–H and O–H groups in total. The fraction of sp³-hybridized carbons (Fsp3) is 0.250. The Morgan fingerprint density at radius 3 is 2.78 bits per heavy atom. The molecule has 0 radical (unpaired) electrons. The number of aryl methyl sites for hydroxylation is 1. The number of rotatable bonds is 6. The van der Waals surface area contributed by atoms with Crippen molar-refractivity contribution in [2.24, 2.45) is 0 Å². The van der Waals surface area contributed by atoms with Gasteiger partial charge in [-0.15, -0.1) is 0 Å². The fourth-order valence-corrected chi connectivity index (χ4v) is 3.10. The lowest BCUT2D eigenvalue weighted by Gasteiger charge is -2.08. The molecule has 3 aromatic rings. The first kappa shape index (κ1) is 19.0. The maximum absolute atomic E-state index is 13.1. The van der Waals surface area contributed by atoms with Crippen molar-refractivity contribution < 1.29 is 9.18 Å². The molecule has 0 saturated carbocycles. The van der Waals surface area contributed by atoms with Crippen molar-refractivity contribution in [3.05, 3.63) is 81.6 Å². The molecule has 0 aliphatic rings. The number of amides is 1. The zero-order valence-corrected chi connectivity index (χ0v) is 15.9. The van der Waals surface area contributed by atoms with Gasteiger partial charge in [0.25, 0.3) is 0 Å². The van der Waals surface area contributed by atoms with E-state index in [1.165, 1.54) is 12.1 Å².